The minimum atomic E-state index is -0.504. The number of carbonyl (C=O) groups is 1. The number of hydrogen-bond acceptors (Lipinski definition) is 2. The van der Waals surface area contributed by atoms with Crippen LogP contribution in [0.4, 0.5) is 4.79 Å². The third kappa shape index (κ3) is 4.92. The second kappa shape index (κ2) is 6.05. The Morgan fingerprint density at radius 2 is 1.94 bits per heavy atom. The lowest BCUT2D eigenvalue weighted by Gasteiger charge is -2.22. The number of nitrogens with one attached hydrogen (secondary N) is 1. The van der Waals surface area contributed by atoms with Crippen LogP contribution < -0.4 is 5.32 Å². The zero-order valence-corrected chi connectivity index (χ0v) is 12.5. The minimum Gasteiger partial charge on any atom is -0.444 e. The molecule has 98 valence electrons. The molecule has 1 aromatic rings. The van der Waals surface area contributed by atoms with Gasteiger partial charge in [-0.25, -0.2) is 4.79 Å². The summed E-state index contributed by atoms with van der Waals surface area (Å²) in [6.07, 6.45) is 1.22. The molecule has 0 spiro atoms. The summed E-state index contributed by atoms with van der Waals surface area (Å²) in [5.41, 5.74) is 0.453. The van der Waals surface area contributed by atoms with Gasteiger partial charge in [-0.05, 0) is 38.5 Å². The molecule has 1 rings (SSSR count). The number of benzene rings is 1. The Balaban J connectivity index is 2.71. The quantitative estimate of drug-likeness (QED) is 0.850. The first kappa shape index (κ1) is 14.8. The summed E-state index contributed by atoms with van der Waals surface area (Å²) in [5.74, 6) is 0. The zero-order valence-electron chi connectivity index (χ0n) is 10.9. The van der Waals surface area contributed by atoms with Gasteiger partial charge in [0.25, 0.3) is 0 Å². The Bertz CT molecular complexity index is 420. The first-order valence-corrected chi connectivity index (χ1v) is 6.48. The predicted octanol–water partition coefficient (Wildman–Crippen LogP) is 4.20. The smallest absolute Gasteiger partial charge is 0.408 e. The Hall–Kier alpha value is -1.29. The molecule has 0 radical (unpaired) electrons. The van der Waals surface area contributed by atoms with E-state index in [9.17, 15) is 4.79 Å². The van der Waals surface area contributed by atoms with Crippen LogP contribution in [0.15, 0.2) is 41.4 Å². The highest BCUT2D eigenvalue weighted by atomic mass is 79.9. The lowest BCUT2D eigenvalue weighted by Crippen LogP contribution is -2.34. The van der Waals surface area contributed by atoms with Gasteiger partial charge in [0.05, 0.1) is 6.04 Å². The molecule has 1 N–H and O–H groups in total. The molecular weight excluding hydrogens is 294 g/mol. The Kier molecular flexibility index (Phi) is 4.96. The van der Waals surface area contributed by atoms with E-state index < -0.39 is 11.7 Å². The molecular formula is C14H18BrNO2. The van der Waals surface area contributed by atoms with Crippen LogP contribution >= 0.6 is 15.9 Å². The molecule has 0 unspecified atom stereocenters. The second-order valence-electron chi connectivity index (χ2n) is 4.91. The molecule has 18 heavy (non-hydrogen) atoms. The number of halogens is 1. The highest BCUT2D eigenvalue weighted by Crippen LogP contribution is 2.18. The normalized spacial score (nSPS) is 12.7. The van der Waals surface area contributed by atoms with Crippen molar-refractivity contribution in [2.24, 2.45) is 0 Å². The summed E-state index contributed by atoms with van der Waals surface area (Å²) >= 11 is 3.37. The lowest BCUT2D eigenvalue weighted by molar-refractivity contribution is 0.0514. The molecule has 0 saturated carbocycles. The topological polar surface area (TPSA) is 38.3 Å². The first-order chi connectivity index (χ1) is 8.31. The van der Waals surface area contributed by atoms with E-state index in [4.69, 9.17) is 4.74 Å². The molecule has 4 heteroatoms. The van der Waals surface area contributed by atoms with Crippen molar-refractivity contribution in [2.45, 2.75) is 32.4 Å². The maximum Gasteiger partial charge on any atom is 0.408 e. The van der Waals surface area contributed by atoms with Crippen LogP contribution in [0.3, 0.4) is 0 Å². The molecule has 0 fully saturated rings. The zero-order chi connectivity index (χ0) is 13.8. The standard InChI is InChI=1S/C14H18BrNO2/c1-5-12(10-6-8-11(15)9-7-10)16-13(17)18-14(2,3)4/h5-9,12H,1H2,2-4H3,(H,16,17)/t12-/m1/s1. The maximum atomic E-state index is 11.7. The third-order valence-electron chi connectivity index (χ3n) is 2.14. The summed E-state index contributed by atoms with van der Waals surface area (Å²) in [6, 6.07) is 7.43. The maximum absolute atomic E-state index is 11.7. The predicted molar refractivity (Wildman–Crippen MR) is 76.4 cm³/mol. The number of rotatable bonds is 3. The van der Waals surface area contributed by atoms with Crippen LogP contribution in [0.1, 0.15) is 32.4 Å². The van der Waals surface area contributed by atoms with Gasteiger partial charge in [0.15, 0.2) is 0 Å². The monoisotopic (exact) mass is 311 g/mol. The van der Waals surface area contributed by atoms with Crippen LogP contribution in [-0.2, 0) is 4.74 Å². The van der Waals surface area contributed by atoms with Crippen molar-refractivity contribution in [3.63, 3.8) is 0 Å². The number of hydrogen-bond donors (Lipinski definition) is 1. The molecule has 0 saturated heterocycles. The van der Waals surface area contributed by atoms with Crippen LogP contribution in [0.2, 0.25) is 0 Å². The molecule has 0 aliphatic heterocycles. The van der Waals surface area contributed by atoms with Crippen LogP contribution in [-0.4, -0.2) is 11.7 Å². The van der Waals surface area contributed by atoms with Crippen molar-refractivity contribution >= 4 is 22.0 Å². The molecule has 0 aromatic heterocycles. The number of carbonyl (C=O) groups excluding carboxylic acids is 1. The average molecular weight is 312 g/mol. The Morgan fingerprint density at radius 3 is 2.39 bits per heavy atom. The SMILES string of the molecule is C=C[C@@H](NC(=O)OC(C)(C)C)c1ccc(Br)cc1. The molecule has 0 bridgehead atoms. The van der Waals surface area contributed by atoms with Crippen molar-refractivity contribution in [2.75, 3.05) is 0 Å². The van der Waals surface area contributed by atoms with Crippen molar-refractivity contribution < 1.29 is 9.53 Å². The van der Waals surface area contributed by atoms with Crippen molar-refractivity contribution in [1.82, 2.24) is 5.32 Å². The average Bonchev–Trinajstić information content (AvgIpc) is 2.25. The summed E-state index contributed by atoms with van der Waals surface area (Å²) in [7, 11) is 0. The van der Waals surface area contributed by atoms with Crippen molar-refractivity contribution in [3.8, 4) is 0 Å². The molecule has 0 heterocycles. The van der Waals surface area contributed by atoms with Gasteiger partial charge in [-0.15, -0.1) is 6.58 Å². The Labute approximate surface area is 116 Å². The fourth-order valence-electron chi connectivity index (χ4n) is 1.38. The molecule has 1 amide bonds. The highest BCUT2D eigenvalue weighted by Gasteiger charge is 2.18. The van der Waals surface area contributed by atoms with Crippen molar-refractivity contribution in [3.05, 3.63) is 47.0 Å². The van der Waals surface area contributed by atoms with Crippen LogP contribution in [0.5, 0.6) is 0 Å². The minimum absolute atomic E-state index is 0.257. The first-order valence-electron chi connectivity index (χ1n) is 5.69. The van der Waals surface area contributed by atoms with E-state index in [0.29, 0.717) is 0 Å². The molecule has 3 nitrogen and oxygen atoms in total. The van der Waals surface area contributed by atoms with E-state index in [1.54, 1.807) is 6.08 Å². The van der Waals surface area contributed by atoms with E-state index in [2.05, 4.69) is 27.8 Å². The van der Waals surface area contributed by atoms with Gasteiger partial charge in [-0.2, -0.15) is 0 Å². The number of ether oxygens (including phenoxy) is 1. The van der Waals surface area contributed by atoms with E-state index in [0.717, 1.165) is 10.0 Å². The van der Waals surface area contributed by atoms with Gasteiger partial charge < -0.3 is 10.1 Å². The van der Waals surface area contributed by atoms with Gasteiger partial charge in [-0.3, -0.25) is 0 Å². The highest BCUT2D eigenvalue weighted by molar-refractivity contribution is 9.10. The van der Waals surface area contributed by atoms with Crippen molar-refractivity contribution in [1.29, 1.82) is 0 Å². The molecule has 1 atom stereocenters. The largest absolute Gasteiger partial charge is 0.444 e. The van der Waals surface area contributed by atoms with Crippen LogP contribution in [0.25, 0.3) is 0 Å². The third-order valence-corrected chi connectivity index (χ3v) is 2.67. The van der Waals surface area contributed by atoms with E-state index in [1.165, 1.54) is 0 Å². The van der Waals surface area contributed by atoms with E-state index in [-0.39, 0.29) is 6.04 Å². The van der Waals surface area contributed by atoms with Gasteiger partial charge in [-0.1, -0.05) is 34.1 Å². The van der Waals surface area contributed by atoms with Gasteiger partial charge in [0.1, 0.15) is 5.60 Å². The van der Waals surface area contributed by atoms with E-state index >= 15 is 0 Å². The fraction of sp³-hybridized carbons (Fsp3) is 0.357. The Morgan fingerprint density at radius 1 is 1.39 bits per heavy atom. The fourth-order valence-corrected chi connectivity index (χ4v) is 1.65. The summed E-state index contributed by atoms with van der Waals surface area (Å²) in [6.45, 7) is 9.21. The molecule has 0 aliphatic carbocycles. The summed E-state index contributed by atoms with van der Waals surface area (Å²) in [5, 5.41) is 2.76. The second-order valence-corrected chi connectivity index (χ2v) is 5.83. The summed E-state index contributed by atoms with van der Waals surface area (Å²) in [4.78, 5) is 11.7. The van der Waals surface area contributed by atoms with Gasteiger partial charge in [0, 0.05) is 4.47 Å². The number of amides is 1. The van der Waals surface area contributed by atoms with Gasteiger partial charge >= 0.3 is 6.09 Å². The summed E-state index contributed by atoms with van der Waals surface area (Å²) < 4.78 is 6.20. The lowest BCUT2D eigenvalue weighted by atomic mass is 10.1. The van der Waals surface area contributed by atoms with E-state index in [1.807, 2.05) is 45.0 Å². The van der Waals surface area contributed by atoms with Gasteiger partial charge in [0.2, 0.25) is 0 Å². The molecule has 1 aromatic carbocycles. The number of alkyl carbamates (subject to hydrolysis) is 1. The molecule has 0 aliphatic rings. The van der Waals surface area contributed by atoms with Crippen LogP contribution in [0, 0.1) is 0 Å².